The van der Waals surface area contributed by atoms with Gasteiger partial charge in [0.15, 0.2) is 0 Å². The molecule has 1 aromatic heterocycles. The molecule has 1 amide bonds. The predicted molar refractivity (Wildman–Crippen MR) is 68.0 cm³/mol. The van der Waals surface area contributed by atoms with E-state index in [1.54, 1.807) is 0 Å². The Labute approximate surface area is 120 Å². The van der Waals surface area contributed by atoms with E-state index in [-0.39, 0.29) is 15.6 Å². The van der Waals surface area contributed by atoms with E-state index in [0.29, 0.717) is 11.3 Å². The number of nitrogen functional groups attached to an aromatic ring is 1. The molecule has 6 nitrogen and oxygen atoms in total. The van der Waals surface area contributed by atoms with Crippen LogP contribution < -0.4 is 16.8 Å². The van der Waals surface area contributed by atoms with Gasteiger partial charge in [-0.25, -0.2) is 13.6 Å². The van der Waals surface area contributed by atoms with E-state index in [9.17, 15) is 27.2 Å². The lowest BCUT2D eigenvalue weighted by molar-refractivity contribution is -0.117. The van der Waals surface area contributed by atoms with E-state index in [0.717, 1.165) is 7.11 Å². The summed E-state index contributed by atoms with van der Waals surface area (Å²) in [4.78, 5) is 22.4. The number of nitrogens with one attached hydrogen (secondary N) is 1. The number of carbonyl (C=O) groups is 2. The number of hydrogen-bond donors (Lipinski definition) is 3. The predicted octanol–water partition coefficient (Wildman–Crippen LogP) is 1.53. The molecule has 0 unspecified atom stereocenters. The molecule has 0 fully saturated rings. The van der Waals surface area contributed by atoms with Crippen molar-refractivity contribution in [1.82, 2.24) is 0 Å². The van der Waals surface area contributed by atoms with E-state index in [1.807, 2.05) is 5.32 Å². The summed E-state index contributed by atoms with van der Waals surface area (Å²) in [5.74, 6) is -6.32. The number of primary amides is 1. The number of hydrogen-bond acceptors (Lipinski definition) is 6. The third-order valence-corrected chi connectivity index (χ3v) is 3.54. The zero-order valence-electron chi connectivity index (χ0n) is 10.6. The van der Waals surface area contributed by atoms with Gasteiger partial charge in [-0.1, -0.05) is 0 Å². The van der Waals surface area contributed by atoms with Crippen molar-refractivity contribution in [3.63, 3.8) is 0 Å². The molecule has 0 radical (unpaired) electrons. The lowest BCUT2D eigenvalue weighted by Gasteiger charge is -2.16. The largest absolute Gasteiger partial charge is 0.465 e. The number of alkyl halides is 4. The Kier molecular flexibility index (Phi) is 4.99. The van der Waals surface area contributed by atoms with Crippen molar-refractivity contribution in [3.8, 4) is 0 Å². The van der Waals surface area contributed by atoms with Gasteiger partial charge in [0.2, 0.25) is 0 Å². The molecule has 1 aromatic rings. The monoisotopic (exact) mass is 329 g/mol. The Morgan fingerprint density at radius 3 is 2.43 bits per heavy atom. The van der Waals surface area contributed by atoms with Gasteiger partial charge in [-0.3, -0.25) is 4.79 Å². The number of carbonyl (C=O) groups excluding carboxylic acids is 2. The number of ether oxygens (including phenoxy) is 1. The minimum Gasteiger partial charge on any atom is -0.465 e. The van der Waals surface area contributed by atoms with Crippen LogP contribution in [0.2, 0.25) is 0 Å². The fraction of sp³-hybridized carbons (Fsp3) is 0.400. The number of rotatable bonds is 6. The number of methoxy groups -OCH3 is 1. The SMILES string of the molecule is COC(=O)c1c(NCC(F)(F)C(F)F)sc(C(N)=O)c1N. The van der Waals surface area contributed by atoms with Crippen molar-refractivity contribution in [2.24, 2.45) is 5.73 Å². The van der Waals surface area contributed by atoms with Crippen molar-refractivity contribution < 1.29 is 31.9 Å². The standard InChI is InChI=1S/C10H11F4N3O3S/c1-20-8(19)3-4(15)5(6(16)18)21-7(3)17-2-10(13,14)9(11)12/h9,17H,2,15H2,1H3,(H2,16,18). The van der Waals surface area contributed by atoms with Crippen LogP contribution in [0.3, 0.4) is 0 Å². The highest BCUT2D eigenvalue weighted by molar-refractivity contribution is 7.19. The smallest absolute Gasteiger partial charge is 0.343 e. The van der Waals surface area contributed by atoms with E-state index in [2.05, 4.69) is 4.74 Å². The van der Waals surface area contributed by atoms with E-state index < -0.39 is 36.3 Å². The van der Waals surface area contributed by atoms with Crippen LogP contribution in [0.5, 0.6) is 0 Å². The van der Waals surface area contributed by atoms with E-state index in [1.165, 1.54) is 0 Å². The number of halogens is 4. The number of esters is 1. The molecule has 0 aliphatic rings. The Hall–Kier alpha value is -2.04. The van der Waals surface area contributed by atoms with Gasteiger partial charge in [-0.2, -0.15) is 8.78 Å². The number of amides is 1. The van der Waals surface area contributed by atoms with Gasteiger partial charge >= 0.3 is 18.3 Å². The summed E-state index contributed by atoms with van der Waals surface area (Å²) in [6.45, 7) is -1.45. The molecule has 0 aliphatic carbocycles. The molecular formula is C10H11F4N3O3S. The van der Waals surface area contributed by atoms with Crippen LogP contribution in [0.25, 0.3) is 0 Å². The molecule has 0 aromatic carbocycles. The summed E-state index contributed by atoms with van der Waals surface area (Å²) < 4.78 is 54.3. The number of thiophene rings is 1. The normalized spacial score (nSPS) is 11.5. The first kappa shape index (κ1) is 17.0. The summed E-state index contributed by atoms with van der Waals surface area (Å²) in [7, 11) is 1.00. The second kappa shape index (κ2) is 6.16. The Morgan fingerprint density at radius 2 is 2.00 bits per heavy atom. The highest BCUT2D eigenvalue weighted by atomic mass is 32.1. The lowest BCUT2D eigenvalue weighted by atomic mass is 10.2. The third kappa shape index (κ3) is 3.54. The number of anilines is 2. The number of nitrogens with two attached hydrogens (primary N) is 2. The van der Waals surface area contributed by atoms with Crippen LogP contribution in [-0.2, 0) is 4.74 Å². The average Bonchev–Trinajstić information content (AvgIpc) is 2.72. The van der Waals surface area contributed by atoms with Gasteiger partial charge < -0.3 is 21.5 Å². The van der Waals surface area contributed by atoms with Crippen LogP contribution in [0.4, 0.5) is 28.3 Å². The molecule has 21 heavy (non-hydrogen) atoms. The molecular weight excluding hydrogens is 318 g/mol. The maximum absolute atomic E-state index is 12.9. The molecule has 0 aliphatic heterocycles. The molecule has 0 spiro atoms. The van der Waals surface area contributed by atoms with Crippen LogP contribution in [0.15, 0.2) is 0 Å². The van der Waals surface area contributed by atoms with E-state index in [4.69, 9.17) is 11.5 Å². The average molecular weight is 329 g/mol. The van der Waals surface area contributed by atoms with Crippen molar-refractivity contribution in [2.45, 2.75) is 12.3 Å². The van der Waals surface area contributed by atoms with Crippen molar-refractivity contribution >= 4 is 33.9 Å². The first-order valence-corrected chi connectivity index (χ1v) is 6.13. The van der Waals surface area contributed by atoms with Gasteiger partial charge in [-0.05, 0) is 0 Å². The highest BCUT2D eigenvalue weighted by Crippen LogP contribution is 2.37. The van der Waals surface area contributed by atoms with Crippen LogP contribution in [-0.4, -0.2) is 37.9 Å². The van der Waals surface area contributed by atoms with Crippen LogP contribution in [0.1, 0.15) is 20.0 Å². The molecule has 0 bridgehead atoms. The molecule has 11 heteroatoms. The molecule has 0 saturated heterocycles. The van der Waals surface area contributed by atoms with Gasteiger partial charge in [0.25, 0.3) is 5.91 Å². The fourth-order valence-electron chi connectivity index (χ4n) is 1.33. The first-order chi connectivity index (χ1) is 9.61. The maximum Gasteiger partial charge on any atom is 0.343 e. The third-order valence-electron chi connectivity index (χ3n) is 2.36. The Morgan fingerprint density at radius 1 is 1.43 bits per heavy atom. The van der Waals surface area contributed by atoms with Gasteiger partial charge in [-0.15, -0.1) is 11.3 Å². The van der Waals surface area contributed by atoms with Crippen LogP contribution in [0, 0.1) is 0 Å². The fourth-order valence-corrected chi connectivity index (χ4v) is 2.29. The molecule has 5 N–H and O–H groups in total. The quantitative estimate of drug-likeness (QED) is 0.542. The summed E-state index contributed by atoms with van der Waals surface area (Å²) in [6, 6.07) is 0. The maximum atomic E-state index is 12.9. The minimum absolute atomic E-state index is 0.265. The Balaban J connectivity index is 3.14. The van der Waals surface area contributed by atoms with Gasteiger partial charge in [0.05, 0.1) is 19.3 Å². The van der Waals surface area contributed by atoms with Crippen molar-refractivity contribution in [1.29, 1.82) is 0 Å². The van der Waals surface area contributed by atoms with Gasteiger partial charge in [0, 0.05) is 0 Å². The summed E-state index contributed by atoms with van der Waals surface area (Å²) in [5, 5.41) is 1.67. The molecule has 1 heterocycles. The highest BCUT2D eigenvalue weighted by Gasteiger charge is 2.41. The summed E-state index contributed by atoms with van der Waals surface area (Å²) in [5.41, 5.74) is 9.77. The molecule has 118 valence electrons. The second-order valence-corrected chi connectivity index (χ2v) is 4.84. The summed E-state index contributed by atoms with van der Waals surface area (Å²) in [6.07, 6.45) is -3.89. The summed E-state index contributed by atoms with van der Waals surface area (Å²) >= 11 is 0.501. The molecule has 0 saturated carbocycles. The molecule has 1 rings (SSSR count). The minimum atomic E-state index is -4.32. The van der Waals surface area contributed by atoms with Crippen molar-refractivity contribution in [3.05, 3.63) is 10.4 Å². The second-order valence-electron chi connectivity index (χ2n) is 3.82. The molecule has 0 atom stereocenters. The zero-order valence-corrected chi connectivity index (χ0v) is 11.4. The first-order valence-electron chi connectivity index (χ1n) is 5.32. The van der Waals surface area contributed by atoms with Gasteiger partial charge in [0.1, 0.15) is 15.4 Å². The van der Waals surface area contributed by atoms with Crippen molar-refractivity contribution in [2.75, 3.05) is 24.7 Å². The van der Waals surface area contributed by atoms with Crippen LogP contribution >= 0.6 is 11.3 Å². The topological polar surface area (TPSA) is 107 Å². The Bertz CT molecular complexity index is 562. The zero-order chi connectivity index (χ0) is 16.4. The lowest BCUT2D eigenvalue weighted by Crippen LogP contribution is -2.34. The van der Waals surface area contributed by atoms with E-state index >= 15 is 0 Å².